The largest absolute Gasteiger partial charge is 0.353 e. The third-order valence-corrected chi connectivity index (χ3v) is 7.12. The summed E-state index contributed by atoms with van der Waals surface area (Å²) in [6.07, 6.45) is 6.60. The van der Waals surface area contributed by atoms with Crippen LogP contribution in [0.4, 0.5) is 0 Å². The van der Waals surface area contributed by atoms with Gasteiger partial charge in [-0.1, -0.05) is 50.3 Å². The van der Waals surface area contributed by atoms with Gasteiger partial charge in [0.05, 0.1) is 18.7 Å². The maximum Gasteiger partial charge on any atom is 0.224 e. The highest BCUT2D eigenvalue weighted by Crippen LogP contribution is 2.37. The van der Waals surface area contributed by atoms with Crippen molar-refractivity contribution >= 4 is 5.91 Å². The van der Waals surface area contributed by atoms with Crippen molar-refractivity contribution < 1.29 is 4.79 Å². The highest BCUT2D eigenvalue weighted by Gasteiger charge is 2.44. The maximum atomic E-state index is 12.6. The van der Waals surface area contributed by atoms with E-state index >= 15 is 0 Å². The summed E-state index contributed by atoms with van der Waals surface area (Å²) in [5.74, 6) is 0.960. The van der Waals surface area contributed by atoms with E-state index in [-0.39, 0.29) is 17.2 Å². The van der Waals surface area contributed by atoms with Crippen LogP contribution in [0.25, 0.3) is 11.3 Å². The topological polar surface area (TPSA) is 63.1 Å². The SMILES string of the molecule is CC(C)(C)c1ccc(-c2cn(CC3CC4CCN3CC4C(=O)NC3CC3)nn2)cc1. The minimum Gasteiger partial charge on any atom is -0.353 e. The van der Waals surface area contributed by atoms with Crippen LogP contribution in [0, 0.1) is 11.8 Å². The van der Waals surface area contributed by atoms with Gasteiger partial charge in [-0.05, 0) is 49.1 Å². The maximum absolute atomic E-state index is 12.6. The van der Waals surface area contributed by atoms with Crippen LogP contribution in [0.15, 0.2) is 30.5 Å². The number of hydrogen-bond donors (Lipinski definition) is 1. The molecule has 160 valence electrons. The predicted octanol–water partition coefficient (Wildman–Crippen LogP) is 3.23. The number of benzene rings is 1. The highest BCUT2D eigenvalue weighted by molar-refractivity contribution is 5.80. The number of hydrogen-bond acceptors (Lipinski definition) is 4. The Morgan fingerprint density at radius 2 is 1.93 bits per heavy atom. The third kappa shape index (κ3) is 4.02. The molecule has 1 aliphatic carbocycles. The Labute approximate surface area is 179 Å². The first-order valence-corrected chi connectivity index (χ1v) is 11.4. The predicted molar refractivity (Wildman–Crippen MR) is 117 cm³/mol. The summed E-state index contributed by atoms with van der Waals surface area (Å²) in [6.45, 7) is 9.52. The van der Waals surface area contributed by atoms with E-state index in [9.17, 15) is 4.79 Å². The molecular weight excluding hydrogens is 374 g/mol. The van der Waals surface area contributed by atoms with Crippen molar-refractivity contribution in [2.24, 2.45) is 11.8 Å². The van der Waals surface area contributed by atoms with Gasteiger partial charge in [0.1, 0.15) is 5.69 Å². The Balaban J connectivity index is 1.22. The van der Waals surface area contributed by atoms with Gasteiger partial charge in [0.15, 0.2) is 0 Å². The lowest BCUT2D eigenvalue weighted by Gasteiger charge is -2.49. The number of fused-ring (bicyclic) bond motifs is 3. The molecular formula is C24H33N5O. The number of carbonyl (C=O) groups is 1. The summed E-state index contributed by atoms with van der Waals surface area (Å²) < 4.78 is 1.98. The molecule has 3 saturated heterocycles. The van der Waals surface area contributed by atoms with Crippen LogP contribution in [0.1, 0.15) is 52.0 Å². The van der Waals surface area contributed by atoms with E-state index in [1.54, 1.807) is 0 Å². The zero-order valence-electron chi connectivity index (χ0n) is 18.3. The summed E-state index contributed by atoms with van der Waals surface area (Å²) in [6, 6.07) is 9.56. The van der Waals surface area contributed by atoms with Gasteiger partial charge in [-0.3, -0.25) is 14.4 Å². The minimum atomic E-state index is 0.151. The van der Waals surface area contributed by atoms with Crippen LogP contribution < -0.4 is 5.32 Å². The van der Waals surface area contributed by atoms with Crippen LogP contribution in [0.2, 0.25) is 0 Å². The van der Waals surface area contributed by atoms with Gasteiger partial charge in [-0.2, -0.15) is 0 Å². The normalized spacial score (nSPS) is 28.5. The molecule has 2 bridgehead atoms. The number of nitrogens with zero attached hydrogens (tertiary/aromatic N) is 4. The Morgan fingerprint density at radius 1 is 1.17 bits per heavy atom. The molecule has 1 amide bonds. The van der Waals surface area contributed by atoms with Gasteiger partial charge in [0, 0.05) is 24.2 Å². The van der Waals surface area contributed by atoms with Crippen LogP contribution in [-0.2, 0) is 16.8 Å². The van der Waals surface area contributed by atoms with Crippen molar-refractivity contribution in [3.8, 4) is 11.3 Å². The van der Waals surface area contributed by atoms with Gasteiger partial charge in [-0.25, -0.2) is 0 Å². The van der Waals surface area contributed by atoms with E-state index in [4.69, 9.17) is 0 Å². The molecule has 4 unspecified atom stereocenters. The van der Waals surface area contributed by atoms with Crippen molar-refractivity contribution in [1.29, 1.82) is 0 Å². The summed E-state index contributed by atoms with van der Waals surface area (Å²) in [5.41, 5.74) is 3.51. The quantitative estimate of drug-likeness (QED) is 0.827. The highest BCUT2D eigenvalue weighted by atomic mass is 16.2. The fourth-order valence-corrected chi connectivity index (χ4v) is 5.04. The molecule has 4 heterocycles. The smallest absolute Gasteiger partial charge is 0.224 e. The molecule has 3 aliphatic heterocycles. The summed E-state index contributed by atoms with van der Waals surface area (Å²) >= 11 is 0. The van der Waals surface area contributed by atoms with E-state index in [1.807, 2.05) is 4.68 Å². The lowest BCUT2D eigenvalue weighted by atomic mass is 9.75. The molecule has 1 aromatic carbocycles. The molecule has 6 rings (SSSR count). The molecule has 4 aliphatic rings. The average molecular weight is 408 g/mol. The number of nitrogens with one attached hydrogen (secondary N) is 1. The van der Waals surface area contributed by atoms with E-state index in [0.29, 0.717) is 18.0 Å². The van der Waals surface area contributed by atoms with E-state index in [0.717, 1.165) is 56.6 Å². The third-order valence-electron chi connectivity index (χ3n) is 7.12. The molecule has 6 heteroatoms. The molecule has 6 nitrogen and oxygen atoms in total. The molecule has 4 fully saturated rings. The van der Waals surface area contributed by atoms with Gasteiger partial charge < -0.3 is 5.32 Å². The van der Waals surface area contributed by atoms with Gasteiger partial charge in [0.2, 0.25) is 5.91 Å². The van der Waals surface area contributed by atoms with Crippen molar-refractivity contribution in [2.45, 2.75) is 70.5 Å². The molecule has 30 heavy (non-hydrogen) atoms. The lowest BCUT2D eigenvalue weighted by Crippen LogP contribution is -2.58. The van der Waals surface area contributed by atoms with Gasteiger partial charge in [0.25, 0.3) is 0 Å². The number of piperidine rings is 3. The molecule has 1 saturated carbocycles. The summed E-state index contributed by atoms with van der Waals surface area (Å²) in [7, 11) is 0. The first kappa shape index (κ1) is 19.7. The Bertz CT molecular complexity index is 908. The fraction of sp³-hybridized carbons (Fsp3) is 0.625. The molecule has 1 aromatic heterocycles. The first-order valence-electron chi connectivity index (χ1n) is 11.4. The van der Waals surface area contributed by atoms with E-state index < -0.39 is 0 Å². The van der Waals surface area contributed by atoms with Crippen molar-refractivity contribution in [3.63, 3.8) is 0 Å². The molecule has 2 aromatic rings. The van der Waals surface area contributed by atoms with E-state index in [1.165, 1.54) is 5.56 Å². The molecule has 1 N–H and O–H groups in total. The summed E-state index contributed by atoms with van der Waals surface area (Å²) in [4.78, 5) is 15.1. The minimum absolute atomic E-state index is 0.151. The Kier molecular flexibility index (Phi) is 4.92. The first-order chi connectivity index (χ1) is 14.4. The van der Waals surface area contributed by atoms with Crippen molar-refractivity contribution in [3.05, 3.63) is 36.0 Å². The van der Waals surface area contributed by atoms with Crippen LogP contribution in [0.3, 0.4) is 0 Å². The van der Waals surface area contributed by atoms with Gasteiger partial charge >= 0.3 is 0 Å². The Hall–Kier alpha value is -2.21. The van der Waals surface area contributed by atoms with Crippen molar-refractivity contribution in [2.75, 3.05) is 13.1 Å². The van der Waals surface area contributed by atoms with Crippen molar-refractivity contribution in [1.82, 2.24) is 25.2 Å². The lowest BCUT2D eigenvalue weighted by molar-refractivity contribution is -0.133. The Morgan fingerprint density at radius 3 is 2.57 bits per heavy atom. The van der Waals surface area contributed by atoms with Gasteiger partial charge in [-0.15, -0.1) is 5.10 Å². The van der Waals surface area contributed by atoms with Crippen LogP contribution >= 0.6 is 0 Å². The number of rotatable bonds is 5. The standard InChI is InChI=1S/C24H33N5O/c1-24(2,3)18-6-4-16(5-7-18)22-15-29(27-26-22)13-20-12-17-10-11-28(20)14-21(17)23(30)25-19-8-9-19/h4-7,15,17,19-21H,8-14H2,1-3H3,(H,25,30). The second-order valence-corrected chi connectivity index (χ2v) is 10.5. The van der Waals surface area contributed by atoms with Crippen LogP contribution in [-0.4, -0.2) is 51.0 Å². The molecule has 4 atom stereocenters. The number of carbonyl (C=O) groups excluding carboxylic acids is 1. The monoisotopic (exact) mass is 407 g/mol. The number of amides is 1. The zero-order chi connectivity index (χ0) is 20.9. The zero-order valence-corrected chi connectivity index (χ0v) is 18.3. The average Bonchev–Trinajstić information content (AvgIpc) is 3.42. The summed E-state index contributed by atoms with van der Waals surface area (Å²) in [5, 5.41) is 12.0. The van der Waals surface area contributed by atoms with Crippen LogP contribution in [0.5, 0.6) is 0 Å². The molecule has 0 spiro atoms. The fourth-order valence-electron chi connectivity index (χ4n) is 5.04. The molecule has 0 radical (unpaired) electrons. The number of aromatic nitrogens is 3. The second-order valence-electron chi connectivity index (χ2n) is 10.5. The second kappa shape index (κ2) is 7.49. The van der Waals surface area contributed by atoms with E-state index in [2.05, 4.69) is 71.8 Å².